The van der Waals surface area contributed by atoms with E-state index in [-0.39, 0.29) is 12.5 Å². The van der Waals surface area contributed by atoms with Crippen molar-refractivity contribution in [2.45, 2.75) is 32.4 Å². The van der Waals surface area contributed by atoms with Crippen molar-refractivity contribution in [2.24, 2.45) is 5.92 Å². The fourth-order valence-corrected chi connectivity index (χ4v) is 2.90. The summed E-state index contributed by atoms with van der Waals surface area (Å²) < 4.78 is 10.8. The minimum atomic E-state index is -0.0943. The molecule has 1 atom stereocenters. The molecule has 5 nitrogen and oxygen atoms in total. The average molecular weight is 290 g/mol. The number of carbonyl (C=O) groups is 1. The fourth-order valence-electron chi connectivity index (χ4n) is 2.90. The Labute approximate surface area is 125 Å². The lowest BCUT2D eigenvalue weighted by Gasteiger charge is -2.28. The van der Waals surface area contributed by atoms with Gasteiger partial charge in [-0.25, -0.2) is 0 Å². The summed E-state index contributed by atoms with van der Waals surface area (Å²) in [6, 6.07) is 6.41. The van der Waals surface area contributed by atoms with Crippen LogP contribution < -0.4 is 15.4 Å². The number of nitrogens with one attached hydrogen (secondary N) is 2. The van der Waals surface area contributed by atoms with E-state index in [2.05, 4.69) is 17.6 Å². The lowest BCUT2D eigenvalue weighted by molar-refractivity contribution is -0.118. The van der Waals surface area contributed by atoms with Gasteiger partial charge in [0.25, 0.3) is 5.91 Å². The van der Waals surface area contributed by atoms with Crippen LogP contribution in [0.5, 0.6) is 5.75 Å². The Hall–Kier alpha value is -1.59. The molecule has 0 aromatic heterocycles. The molecule has 0 spiro atoms. The lowest BCUT2D eigenvalue weighted by Crippen LogP contribution is -2.36. The first-order valence-corrected chi connectivity index (χ1v) is 7.59. The molecule has 1 aromatic rings. The highest BCUT2D eigenvalue weighted by atomic mass is 16.5. The van der Waals surface area contributed by atoms with Gasteiger partial charge in [-0.3, -0.25) is 4.79 Å². The number of amides is 1. The van der Waals surface area contributed by atoms with Gasteiger partial charge in [0.1, 0.15) is 5.75 Å². The standard InChI is InChI=1S/C16H22N2O3/c1-11(13-4-6-20-7-5-13)17-9-12-2-3-15-14(8-12)18-16(19)10-21-15/h2-3,8,11,13,17H,4-7,9-10H2,1H3,(H,18,19). The third-order valence-corrected chi connectivity index (χ3v) is 4.28. The highest BCUT2D eigenvalue weighted by molar-refractivity contribution is 5.95. The van der Waals surface area contributed by atoms with Crippen molar-refractivity contribution in [1.29, 1.82) is 0 Å². The van der Waals surface area contributed by atoms with Gasteiger partial charge >= 0.3 is 0 Å². The predicted octanol–water partition coefficient (Wildman–Crippen LogP) is 1.92. The first-order chi connectivity index (χ1) is 10.2. The largest absolute Gasteiger partial charge is 0.482 e. The van der Waals surface area contributed by atoms with Crippen LogP contribution >= 0.6 is 0 Å². The second-order valence-corrected chi connectivity index (χ2v) is 5.79. The molecule has 1 amide bonds. The summed E-state index contributed by atoms with van der Waals surface area (Å²) >= 11 is 0. The normalized spacial score (nSPS) is 20.3. The van der Waals surface area contributed by atoms with Crippen LogP contribution in [0, 0.1) is 5.92 Å². The molecule has 1 fully saturated rings. The third-order valence-electron chi connectivity index (χ3n) is 4.28. The molecule has 0 bridgehead atoms. The van der Waals surface area contributed by atoms with Crippen LogP contribution in [0.15, 0.2) is 18.2 Å². The second kappa shape index (κ2) is 6.45. The molecule has 1 saturated heterocycles. The number of ether oxygens (including phenoxy) is 2. The van der Waals surface area contributed by atoms with E-state index in [1.54, 1.807) is 0 Å². The monoisotopic (exact) mass is 290 g/mol. The van der Waals surface area contributed by atoms with Gasteiger partial charge in [-0.05, 0) is 43.4 Å². The lowest BCUT2D eigenvalue weighted by atomic mass is 9.93. The molecule has 2 N–H and O–H groups in total. The van der Waals surface area contributed by atoms with Gasteiger partial charge in [0, 0.05) is 25.8 Å². The van der Waals surface area contributed by atoms with E-state index in [0.29, 0.717) is 12.0 Å². The zero-order chi connectivity index (χ0) is 14.7. The maximum atomic E-state index is 11.3. The van der Waals surface area contributed by atoms with E-state index in [0.717, 1.165) is 49.6 Å². The molecule has 2 heterocycles. The number of benzene rings is 1. The van der Waals surface area contributed by atoms with Crippen LogP contribution in [0.25, 0.3) is 0 Å². The van der Waals surface area contributed by atoms with Crippen LogP contribution in [0.3, 0.4) is 0 Å². The Bertz CT molecular complexity index is 512. The quantitative estimate of drug-likeness (QED) is 0.889. The molecule has 1 aromatic carbocycles. The molecule has 0 saturated carbocycles. The molecular formula is C16H22N2O3. The number of fused-ring (bicyclic) bond motifs is 1. The van der Waals surface area contributed by atoms with E-state index >= 15 is 0 Å². The molecule has 5 heteroatoms. The van der Waals surface area contributed by atoms with Crippen molar-refractivity contribution < 1.29 is 14.3 Å². The number of carbonyl (C=O) groups excluding carboxylic acids is 1. The molecule has 2 aliphatic rings. The summed E-state index contributed by atoms with van der Waals surface area (Å²) in [4.78, 5) is 11.3. The first kappa shape index (κ1) is 14.4. The van der Waals surface area contributed by atoms with Gasteiger partial charge in [-0.15, -0.1) is 0 Å². The summed E-state index contributed by atoms with van der Waals surface area (Å²) in [6.45, 7) is 4.88. The summed E-state index contributed by atoms with van der Waals surface area (Å²) in [7, 11) is 0. The molecular weight excluding hydrogens is 268 g/mol. The van der Waals surface area contributed by atoms with Crippen molar-refractivity contribution in [2.75, 3.05) is 25.1 Å². The zero-order valence-corrected chi connectivity index (χ0v) is 12.4. The van der Waals surface area contributed by atoms with Crippen molar-refractivity contribution in [3.8, 4) is 5.75 Å². The Morgan fingerprint density at radius 3 is 3.00 bits per heavy atom. The Morgan fingerprint density at radius 2 is 2.19 bits per heavy atom. The molecule has 114 valence electrons. The average Bonchev–Trinajstić information content (AvgIpc) is 2.53. The SMILES string of the molecule is CC(NCc1ccc2c(c1)NC(=O)CO2)C1CCOCC1. The molecule has 3 rings (SSSR count). The van der Waals surface area contributed by atoms with Gasteiger partial charge in [-0.1, -0.05) is 6.07 Å². The Kier molecular flexibility index (Phi) is 4.41. The highest BCUT2D eigenvalue weighted by Crippen LogP contribution is 2.28. The van der Waals surface area contributed by atoms with Crippen LogP contribution in [-0.2, 0) is 16.1 Å². The molecule has 0 radical (unpaired) electrons. The van der Waals surface area contributed by atoms with Gasteiger partial charge in [0.15, 0.2) is 6.61 Å². The second-order valence-electron chi connectivity index (χ2n) is 5.79. The van der Waals surface area contributed by atoms with Crippen molar-refractivity contribution in [3.05, 3.63) is 23.8 Å². The predicted molar refractivity (Wildman–Crippen MR) is 80.4 cm³/mol. The maximum absolute atomic E-state index is 11.3. The van der Waals surface area contributed by atoms with Gasteiger partial charge < -0.3 is 20.1 Å². The van der Waals surface area contributed by atoms with Crippen molar-refractivity contribution in [3.63, 3.8) is 0 Å². The minimum absolute atomic E-state index is 0.0943. The van der Waals surface area contributed by atoms with Crippen LogP contribution in [-0.4, -0.2) is 31.8 Å². The van der Waals surface area contributed by atoms with Crippen LogP contribution in [0.2, 0.25) is 0 Å². The van der Waals surface area contributed by atoms with Gasteiger partial charge in [0.05, 0.1) is 5.69 Å². The Morgan fingerprint density at radius 1 is 1.38 bits per heavy atom. The van der Waals surface area contributed by atoms with Gasteiger partial charge in [-0.2, -0.15) is 0 Å². The van der Waals surface area contributed by atoms with E-state index in [9.17, 15) is 4.79 Å². The first-order valence-electron chi connectivity index (χ1n) is 7.59. The van der Waals surface area contributed by atoms with E-state index in [1.165, 1.54) is 0 Å². The number of hydrogen-bond acceptors (Lipinski definition) is 4. The molecule has 1 unspecified atom stereocenters. The number of hydrogen-bond donors (Lipinski definition) is 2. The summed E-state index contributed by atoms with van der Waals surface area (Å²) in [5, 5.41) is 6.42. The van der Waals surface area contributed by atoms with Crippen LogP contribution in [0.1, 0.15) is 25.3 Å². The highest BCUT2D eigenvalue weighted by Gasteiger charge is 2.20. The maximum Gasteiger partial charge on any atom is 0.262 e. The summed E-state index contributed by atoms with van der Waals surface area (Å²) in [5.41, 5.74) is 1.92. The summed E-state index contributed by atoms with van der Waals surface area (Å²) in [5.74, 6) is 1.33. The minimum Gasteiger partial charge on any atom is -0.482 e. The van der Waals surface area contributed by atoms with E-state index in [4.69, 9.17) is 9.47 Å². The van der Waals surface area contributed by atoms with Crippen molar-refractivity contribution >= 4 is 11.6 Å². The van der Waals surface area contributed by atoms with Crippen molar-refractivity contribution in [1.82, 2.24) is 5.32 Å². The number of anilines is 1. The Balaban J connectivity index is 1.57. The van der Waals surface area contributed by atoms with E-state index in [1.807, 2.05) is 18.2 Å². The zero-order valence-electron chi connectivity index (χ0n) is 12.4. The van der Waals surface area contributed by atoms with Crippen LogP contribution in [0.4, 0.5) is 5.69 Å². The molecule has 0 aliphatic carbocycles. The fraction of sp³-hybridized carbons (Fsp3) is 0.562. The van der Waals surface area contributed by atoms with Gasteiger partial charge in [0.2, 0.25) is 0 Å². The summed E-state index contributed by atoms with van der Waals surface area (Å²) in [6.07, 6.45) is 2.25. The smallest absolute Gasteiger partial charge is 0.262 e. The molecule has 21 heavy (non-hydrogen) atoms. The number of rotatable bonds is 4. The van der Waals surface area contributed by atoms with E-state index < -0.39 is 0 Å². The molecule has 2 aliphatic heterocycles. The topological polar surface area (TPSA) is 59.6 Å². The third kappa shape index (κ3) is 3.54.